The van der Waals surface area contributed by atoms with Crippen LogP contribution in [0, 0.1) is 11.3 Å². The molecule has 0 unspecified atom stereocenters. The Morgan fingerprint density at radius 2 is 1.85 bits per heavy atom. The lowest BCUT2D eigenvalue weighted by molar-refractivity contribution is 0.480. The summed E-state index contributed by atoms with van der Waals surface area (Å²) in [5.74, 6) is 0.589. The minimum absolute atomic E-state index is 0. The first-order valence-electron chi connectivity index (χ1n) is 12.6. The van der Waals surface area contributed by atoms with Gasteiger partial charge in [-0.15, -0.1) is 0 Å². The molecule has 0 radical (unpaired) electrons. The summed E-state index contributed by atoms with van der Waals surface area (Å²) < 4.78 is 37.9. The Balaban J connectivity index is 0.00000253. The van der Waals surface area contributed by atoms with E-state index in [0.29, 0.717) is 11.8 Å². The summed E-state index contributed by atoms with van der Waals surface area (Å²) in [6, 6.07) is 20.3. The largest absolute Gasteiger partial charge is 0.454 e. The van der Waals surface area contributed by atoms with E-state index >= 15 is 0 Å². The third kappa shape index (κ3) is 6.72. The maximum Gasteiger partial charge on any atom is 0.263 e. The van der Waals surface area contributed by atoms with Gasteiger partial charge in [0.05, 0.1) is 22.3 Å². The number of nitrogens with one attached hydrogen (secondary N) is 2. The minimum Gasteiger partial charge on any atom is -0.454 e. The van der Waals surface area contributed by atoms with Crippen LogP contribution in [-0.2, 0) is 16.6 Å². The number of ether oxygens (including phenoxy) is 1. The highest BCUT2D eigenvalue weighted by Crippen LogP contribution is 2.37. The van der Waals surface area contributed by atoms with Gasteiger partial charge in [0.25, 0.3) is 10.0 Å². The average molecular weight is 588 g/mol. The molecule has 0 atom stereocenters. The van der Waals surface area contributed by atoms with Gasteiger partial charge in [0, 0.05) is 50.5 Å². The molecule has 10 nitrogen and oxygen atoms in total. The first kappa shape index (κ1) is 27.9. The molecule has 0 spiro atoms. The number of anilines is 1. The molecule has 3 heterocycles. The van der Waals surface area contributed by atoms with E-state index in [1.54, 1.807) is 18.6 Å². The number of pyridine rings is 2. The van der Waals surface area contributed by atoms with E-state index in [4.69, 9.17) is 4.74 Å². The molecule has 2 aromatic carbocycles. The second-order valence-electron chi connectivity index (χ2n) is 9.26. The van der Waals surface area contributed by atoms with Gasteiger partial charge in [0.15, 0.2) is 5.75 Å². The van der Waals surface area contributed by atoms with Crippen LogP contribution in [0.3, 0.4) is 0 Å². The molecule has 0 saturated carbocycles. The molecule has 0 aliphatic carbocycles. The second kappa shape index (κ2) is 12.2. The molecule has 0 fully saturated rings. The Morgan fingerprint density at radius 1 is 1.02 bits per heavy atom. The van der Waals surface area contributed by atoms with E-state index in [0.717, 1.165) is 46.0 Å². The van der Waals surface area contributed by atoms with Crippen molar-refractivity contribution in [3.05, 3.63) is 96.7 Å². The lowest BCUT2D eigenvalue weighted by atomic mass is 10.0. The van der Waals surface area contributed by atoms with Crippen molar-refractivity contribution in [2.24, 2.45) is 0 Å². The Hall–Kier alpha value is -4.70. The van der Waals surface area contributed by atoms with Gasteiger partial charge in [-0.3, -0.25) is 14.7 Å². The van der Waals surface area contributed by atoms with Gasteiger partial charge >= 0.3 is 0 Å². The molecule has 0 aliphatic heterocycles. The fourth-order valence-electron chi connectivity index (χ4n) is 3.96. The van der Waals surface area contributed by atoms with E-state index < -0.39 is 10.0 Å². The van der Waals surface area contributed by atoms with Crippen LogP contribution in [0.5, 0.6) is 11.5 Å². The predicted octanol–water partition coefficient (Wildman–Crippen LogP) is 6.12. The number of rotatable bonds is 10. The predicted molar refractivity (Wildman–Crippen MR) is 161 cm³/mol. The third-order valence-electron chi connectivity index (χ3n) is 5.98. The summed E-state index contributed by atoms with van der Waals surface area (Å²) in [6.45, 7) is 4.95. The molecule has 5 aromatic rings. The Morgan fingerprint density at radius 3 is 2.59 bits per heavy atom. The van der Waals surface area contributed by atoms with E-state index in [2.05, 4.69) is 55.3 Å². The lowest BCUT2D eigenvalue weighted by Crippen LogP contribution is -2.21. The van der Waals surface area contributed by atoms with Crippen molar-refractivity contribution in [3.63, 3.8) is 0 Å². The van der Waals surface area contributed by atoms with Crippen molar-refractivity contribution in [1.82, 2.24) is 24.6 Å². The number of benzene rings is 2. The van der Waals surface area contributed by atoms with Crippen LogP contribution in [0.1, 0.15) is 27.8 Å². The highest BCUT2D eigenvalue weighted by atomic mass is 32.2. The van der Waals surface area contributed by atoms with Gasteiger partial charge in [-0.25, -0.2) is 13.4 Å². The van der Waals surface area contributed by atoms with Crippen LogP contribution in [0.4, 0.5) is 5.13 Å². The Bertz CT molecular complexity index is 1820. The molecule has 3 aromatic heterocycles. The van der Waals surface area contributed by atoms with Crippen molar-refractivity contribution < 1.29 is 16.0 Å². The molecule has 0 saturated heterocycles. The molecule has 0 aliphatic rings. The summed E-state index contributed by atoms with van der Waals surface area (Å²) in [6.07, 6.45) is 6.22. The van der Waals surface area contributed by atoms with Crippen LogP contribution in [0.2, 0.25) is 0 Å². The minimum atomic E-state index is -3.98. The number of hydrogen-bond donors (Lipinski definition) is 2. The summed E-state index contributed by atoms with van der Waals surface area (Å²) in [7, 11) is -3.98. The number of aromatic nitrogens is 4. The van der Waals surface area contributed by atoms with Gasteiger partial charge in [0.2, 0.25) is 5.13 Å². The molecular formula is C29H29N7O3S2. The van der Waals surface area contributed by atoms with Gasteiger partial charge in [0.1, 0.15) is 18.1 Å². The van der Waals surface area contributed by atoms with Crippen LogP contribution in [0.15, 0.2) is 90.5 Å². The zero-order valence-corrected chi connectivity index (χ0v) is 23.8. The first-order valence-corrected chi connectivity index (χ1v) is 14.8. The maximum absolute atomic E-state index is 12.8. The van der Waals surface area contributed by atoms with Gasteiger partial charge in [-0.2, -0.15) is 9.64 Å². The molecule has 2 N–H and O–H groups in total. The van der Waals surface area contributed by atoms with Gasteiger partial charge < -0.3 is 10.1 Å². The number of nitrogens with zero attached hydrogens (tertiary/aromatic N) is 5. The fourth-order valence-corrected chi connectivity index (χ4v) is 5.65. The van der Waals surface area contributed by atoms with E-state index in [1.165, 1.54) is 24.5 Å². The van der Waals surface area contributed by atoms with E-state index in [9.17, 15) is 13.7 Å². The fraction of sp³-hybridized carbons (Fsp3) is 0.138. The van der Waals surface area contributed by atoms with E-state index in [1.807, 2.05) is 36.4 Å². The third-order valence-corrected chi connectivity index (χ3v) is 8.03. The normalized spacial score (nSPS) is 11.3. The smallest absolute Gasteiger partial charge is 0.263 e. The summed E-state index contributed by atoms with van der Waals surface area (Å²) >= 11 is 0.907. The Labute approximate surface area is 244 Å². The molecule has 5 rings (SSSR count). The molecule has 12 heteroatoms. The van der Waals surface area contributed by atoms with Crippen LogP contribution in [-0.4, -0.2) is 33.8 Å². The van der Waals surface area contributed by atoms with Crippen molar-refractivity contribution in [2.45, 2.75) is 31.3 Å². The molecular weight excluding hydrogens is 558 g/mol. The standard InChI is InChI=1S/C29H25N7O3S2.2H2/c1-19(2)32-16-20-4-3-5-22(12-20)26-14-25(21-8-10-31-11-9-21)28(17-33-26)39-27-7-6-24(13-23(27)15-30)41(37,38)36-29-34-18-35-40-29;;/h3-14,17-19,32H,16H2,1-2H3,(H,34,35,36);2*1H. The summed E-state index contributed by atoms with van der Waals surface area (Å²) in [5.41, 5.74) is 4.46. The summed E-state index contributed by atoms with van der Waals surface area (Å²) in [5, 5.41) is 13.4. The molecule has 210 valence electrons. The zero-order chi connectivity index (χ0) is 28.8. The zero-order valence-electron chi connectivity index (χ0n) is 22.1. The second-order valence-corrected chi connectivity index (χ2v) is 11.7. The van der Waals surface area contributed by atoms with Crippen molar-refractivity contribution >= 4 is 26.7 Å². The highest BCUT2D eigenvalue weighted by molar-refractivity contribution is 7.93. The van der Waals surface area contributed by atoms with Gasteiger partial charge in [-0.1, -0.05) is 32.0 Å². The molecule has 41 heavy (non-hydrogen) atoms. The SMILES string of the molecule is CC(C)NCc1cccc(-c2cc(-c3ccncc3)c(Oc3ccc(S(=O)(=O)Nc4ncns4)cc3C#N)cn2)c1.[HH].[HH]. The Kier molecular flexibility index (Phi) is 8.30. The monoisotopic (exact) mass is 587 g/mol. The number of sulfonamides is 1. The number of hydrogen-bond acceptors (Lipinski definition) is 10. The highest BCUT2D eigenvalue weighted by Gasteiger charge is 2.20. The first-order chi connectivity index (χ1) is 19.8. The average Bonchev–Trinajstić information content (AvgIpc) is 3.49. The topological polar surface area (TPSA) is 143 Å². The maximum atomic E-state index is 12.8. The van der Waals surface area contributed by atoms with E-state index in [-0.39, 0.29) is 24.2 Å². The van der Waals surface area contributed by atoms with Crippen LogP contribution >= 0.6 is 11.5 Å². The lowest BCUT2D eigenvalue weighted by Gasteiger charge is -2.15. The van der Waals surface area contributed by atoms with Crippen molar-refractivity contribution in [3.8, 4) is 40.0 Å². The summed E-state index contributed by atoms with van der Waals surface area (Å²) in [4.78, 5) is 12.5. The quantitative estimate of drug-likeness (QED) is 0.198. The van der Waals surface area contributed by atoms with Crippen LogP contribution < -0.4 is 14.8 Å². The van der Waals surface area contributed by atoms with Crippen molar-refractivity contribution in [1.29, 1.82) is 5.26 Å². The number of nitriles is 1. The molecule has 0 bridgehead atoms. The van der Waals surface area contributed by atoms with Crippen molar-refractivity contribution in [2.75, 3.05) is 4.72 Å². The van der Waals surface area contributed by atoms with Crippen LogP contribution in [0.25, 0.3) is 22.4 Å². The van der Waals surface area contributed by atoms with Gasteiger partial charge in [-0.05, 0) is 53.6 Å². The molecule has 0 amide bonds.